The summed E-state index contributed by atoms with van der Waals surface area (Å²) in [4.78, 5) is 22.9. The van der Waals surface area contributed by atoms with Crippen molar-refractivity contribution in [3.63, 3.8) is 0 Å². The first-order chi connectivity index (χ1) is 17.4. The van der Waals surface area contributed by atoms with E-state index in [-0.39, 0.29) is 24.5 Å². The van der Waals surface area contributed by atoms with E-state index in [1.807, 2.05) is 0 Å². The quantitative estimate of drug-likeness (QED) is 0.305. The van der Waals surface area contributed by atoms with E-state index in [1.165, 1.54) is 50.5 Å². The van der Waals surface area contributed by atoms with Crippen molar-refractivity contribution >= 4 is 12.1 Å². The summed E-state index contributed by atoms with van der Waals surface area (Å²) in [6, 6.07) is 0. The molecular formula is C32H53NO4. The lowest BCUT2D eigenvalue weighted by Crippen LogP contribution is -2.56. The first kappa shape index (κ1) is 28.5. The van der Waals surface area contributed by atoms with Crippen LogP contribution >= 0.6 is 0 Å². The predicted octanol–water partition coefficient (Wildman–Crippen LogP) is 7.99. The second-order valence-corrected chi connectivity index (χ2v) is 14.3. The zero-order chi connectivity index (χ0) is 27.0. The number of rotatable bonds is 9. The Kier molecular flexibility index (Phi) is 8.41. The van der Waals surface area contributed by atoms with Gasteiger partial charge in [0.15, 0.2) is 0 Å². The van der Waals surface area contributed by atoms with Crippen LogP contribution in [-0.4, -0.2) is 29.8 Å². The molecule has 0 radical (unpaired) electrons. The zero-order valence-electron chi connectivity index (χ0n) is 24.4. The number of hydrogen-bond donors (Lipinski definition) is 2. The standard InChI is InChI=1S/C32H53NO4/c1-21(2)8-7-9-22(3)25-10-11-26-31(25,5)18-14-27-30(4)17-13-24(20-23(30)12-16-32(26,27)6)37-29(36)33-19-15-28(34)35/h12,21-22,24-27H,7-11,13-20H2,1-6H3,(H,33,36)(H,34,35)/t22-,24+,25?,26-,27-,30+,31-,32+/m1/s1. The van der Waals surface area contributed by atoms with Crippen molar-refractivity contribution < 1.29 is 19.4 Å². The van der Waals surface area contributed by atoms with Gasteiger partial charge in [0.25, 0.3) is 0 Å². The molecule has 0 aromatic carbocycles. The van der Waals surface area contributed by atoms with Crippen LogP contribution in [0, 0.1) is 45.8 Å². The third-order valence-electron chi connectivity index (χ3n) is 11.7. The highest BCUT2D eigenvalue weighted by Gasteiger charge is 2.64. The van der Waals surface area contributed by atoms with Gasteiger partial charge in [-0.25, -0.2) is 4.79 Å². The van der Waals surface area contributed by atoms with Gasteiger partial charge in [0.1, 0.15) is 6.10 Å². The second-order valence-electron chi connectivity index (χ2n) is 14.3. The summed E-state index contributed by atoms with van der Waals surface area (Å²) in [5.41, 5.74) is 2.54. The fourth-order valence-corrected chi connectivity index (χ4v) is 9.87. The Morgan fingerprint density at radius 3 is 2.49 bits per heavy atom. The van der Waals surface area contributed by atoms with Gasteiger partial charge in [-0.3, -0.25) is 4.79 Å². The topological polar surface area (TPSA) is 75.6 Å². The van der Waals surface area contributed by atoms with Crippen LogP contribution < -0.4 is 5.32 Å². The molecule has 4 aliphatic rings. The highest BCUT2D eigenvalue weighted by molar-refractivity contribution is 5.70. The molecule has 4 rings (SSSR count). The number of carboxylic acids is 1. The van der Waals surface area contributed by atoms with Crippen LogP contribution in [0.3, 0.4) is 0 Å². The van der Waals surface area contributed by atoms with E-state index in [4.69, 9.17) is 9.84 Å². The fraction of sp³-hybridized carbons (Fsp3) is 0.875. The Balaban J connectivity index is 1.42. The molecule has 4 aliphatic carbocycles. The number of ether oxygens (including phenoxy) is 1. The average Bonchev–Trinajstić information content (AvgIpc) is 3.17. The first-order valence-electron chi connectivity index (χ1n) is 15.3. The van der Waals surface area contributed by atoms with Crippen LogP contribution in [0.2, 0.25) is 0 Å². The van der Waals surface area contributed by atoms with Crippen LogP contribution in [0.15, 0.2) is 11.6 Å². The number of carbonyl (C=O) groups is 2. The Hall–Kier alpha value is -1.52. The van der Waals surface area contributed by atoms with Gasteiger partial charge in [-0.15, -0.1) is 0 Å². The van der Waals surface area contributed by atoms with Crippen molar-refractivity contribution in [3.05, 3.63) is 11.6 Å². The summed E-state index contributed by atoms with van der Waals surface area (Å²) in [5, 5.41) is 11.4. The van der Waals surface area contributed by atoms with E-state index < -0.39 is 12.1 Å². The highest BCUT2D eigenvalue weighted by atomic mass is 16.6. The SMILES string of the molecule is CC(C)CCC[C@@H](C)C1CC[C@H]2[C@]3(C)CC=C4C[C@@H](OC(=O)NCCC(=O)O)CC[C@]4(C)[C@H]3CC[C@]12C. The number of allylic oxidation sites excluding steroid dienone is 1. The summed E-state index contributed by atoms with van der Waals surface area (Å²) in [6.07, 6.45) is 15.4. The van der Waals surface area contributed by atoms with Gasteiger partial charge < -0.3 is 15.2 Å². The van der Waals surface area contributed by atoms with Crippen molar-refractivity contribution in [2.75, 3.05) is 6.54 Å². The molecule has 0 bridgehead atoms. The van der Waals surface area contributed by atoms with Crippen molar-refractivity contribution in [2.45, 2.75) is 125 Å². The number of carboxylic acid groups (broad SMARTS) is 1. The molecule has 3 fully saturated rings. The van der Waals surface area contributed by atoms with Crippen molar-refractivity contribution in [3.8, 4) is 0 Å². The lowest BCUT2D eigenvalue weighted by Gasteiger charge is -2.63. The molecule has 210 valence electrons. The summed E-state index contributed by atoms with van der Waals surface area (Å²) in [6.45, 7) is 15.1. The minimum absolute atomic E-state index is 0.0824. The van der Waals surface area contributed by atoms with Gasteiger partial charge in [0.05, 0.1) is 6.42 Å². The van der Waals surface area contributed by atoms with Gasteiger partial charge in [0, 0.05) is 13.0 Å². The largest absolute Gasteiger partial charge is 0.481 e. The molecule has 37 heavy (non-hydrogen) atoms. The number of aliphatic carboxylic acids is 1. The Bertz CT molecular complexity index is 882. The maximum Gasteiger partial charge on any atom is 0.407 e. The Morgan fingerprint density at radius 1 is 1.03 bits per heavy atom. The number of hydrogen-bond acceptors (Lipinski definition) is 3. The van der Waals surface area contributed by atoms with Crippen molar-refractivity contribution in [1.82, 2.24) is 5.32 Å². The molecule has 0 spiro atoms. The minimum atomic E-state index is -0.915. The van der Waals surface area contributed by atoms with Crippen molar-refractivity contribution in [1.29, 1.82) is 0 Å². The molecule has 0 aliphatic heterocycles. The second kappa shape index (κ2) is 10.9. The molecule has 5 heteroatoms. The van der Waals surface area contributed by atoms with Crippen LogP contribution in [0.5, 0.6) is 0 Å². The third-order valence-corrected chi connectivity index (χ3v) is 11.7. The molecule has 1 amide bonds. The number of alkyl carbamates (subject to hydrolysis) is 1. The summed E-state index contributed by atoms with van der Waals surface area (Å²) < 4.78 is 5.72. The third kappa shape index (κ3) is 5.48. The maximum absolute atomic E-state index is 12.2. The predicted molar refractivity (Wildman–Crippen MR) is 148 cm³/mol. The van der Waals surface area contributed by atoms with E-state index in [1.54, 1.807) is 0 Å². The first-order valence-corrected chi connectivity index (χ1v) is 15.3. The number of fused-ring (bicyclic) bond motifs is 5. The zero-order valence-corrected chi connectivity index (χ0v) is 24.4. The van der Waals surface area contributed by atoms with E-state index >= 15 is 0 Å². The molecule has 0 aromatic rings. The maximum atomic E-state index is 12.2. The summed E-state index contributed by atoms with van der Waals surface area (Å²) >= 11 is 0. The summed E-state index contributed by atoms with van der Waals surface area (Å²) in [7, 11) is 0. The van der Waals surface area contributed by atoms with Gasteiger partial charge in [-0.1, -0.05) is 72.5 Å². The molecule has 3 saturated carbocycles. The van der Waals surface area contributed by atoms with Crippen LogP contribution in [0.1, 0.15) is 119 Å². The van der Waals surface area contributed by atoms with Crippen LogP contribution in [0.25, 0.3) is 0 Å². The molecule has 0 saturated heterocycles. The normalized spacial score (nSPS) is 39.7. The van der Waals surface area contributed by atoms with E-state index in [0.717, 1.165) is 49.4 Å². The van der Waals surface area contributed by atoms with Gasteiger partial charge in [-0.2, -0.15) is 0 Å². The van der Waals surface area contributed by atoms with Gasteiger partial charge in [0.2, 0.25) is 0 Å². The number of carbonyl (C=O) groups excluding carboxylic acids is 1. The lowest BCUT2D eigenvalue weighted by atomic mass is 9.41. The summed E-state index contributed by atoms with van der Waals surface area (Å²) in [5.74, 6) is 3.10. The Labute approximate surface area is 225 Å². The fourth-order valence-electron chi connectivity index (χ4n) is 9.87. The highest BCUT2D eigenvalue weighted by Crippen LogP contribution is 2.72. The van der Waals surface area contributed by atoms with Crippen molar-refractivity contribution in [2.24, 2.45) is 45.8 Å². The van der Waals surface area contributed by atoms with E-state index in [0.29, 0.717) is 16.7 Å². The van der Waals surface area contributed by atoms with E-state index in [2.05, 4.69) is 52.9 Å². The smallest absolute Gasteiger partial charge is 0.407 e. The Morgan fingerprint density at radius 2 is 1.78 bits per heavy atom. The number of nitrogens with one attached hydrogen (secondary N) is 1. The average molecular weight is 516 g/mol. The molecule has 0 heterocycles. The molecule has 2 N–H and O–H groups in total. The van der Waals surface area contributed by atoms with Gasteiger partial charge >= 0.3 is 12.1 Å². The van der Waals surface area contributed by atoms with Crippen LogP contribution in [0.4, 0.5) is 4.79 Å². The van der Waals surface area contributed by atoms with E-state index in [9.17, 15) is 9.59 Å². The molecule has 8 atom stereocenters. The minimum Gasteiger partial charge on any atom is -0.481 e. The lowest BCUT2D eigenvalue weighted by molar-refractivity contribution is -0.136. The van der Waals surface area contributed by atoms with Gasteiger partial charge in [-0.05, 0) is 90.8 Å². The molecule has 5 nitrogen and oxygen atoms in total. The van der Waals surface area contributed by atoms with Crippen LogP contribution in [-0.2, 0) is 9.53 Å². The molecule has 0 aromatic heterocycles. The molecule has 1 unspecified atom stereocenters. The monoisotopic (exact) mass is 515 g/mol. The molecular weight excluding hydrogens is 462 g/mol. The number of amides is 1.